The number of amides is 1. The molecule has 0 aromatic heterocycles. The number of likely N-dealkylation sites (N-methyl/N-ethyl adjacent to an activating group) is 1. The van der Waals surface area contributed by atoms with Gasteiger partial charge in [-0.3, -0.25) is 9.79 Å². The van der Waals surface area contributed by atoms with Gasteiger partial charge in [-0.25, -0.2) is 0 Å². The topological polar surface area (TPSA) is 75.6 Å². The summed E-state index contributed by atoms with van der Waals surface area (Å²) in [6.07, 6.45) is 7.50. The second kappa shape index (κ2) is 9.56. The molecule has 8 nitrogen and oxygen atoms in total. The molecule has 0 aromatic carbocycles. The molecule has 9 heteroatoms. The maximum absolute atomic E-state index is 13.3. The second-order valence-corrected chi connectivity index (χ2v) is 8.33. The van der Waals surface area contributed by atoms with E-state index in [0.29, 0.717) is 18.5 Å². The zero-order chi connectivity index (χ0) is 20.1. The third-order valence-corrected chi connectivity index (χ3v) is 6.43. The van der Waals surface area contributed by atoms with Crippen molar-refractivity contribution in [2.45, 2.75) is 62.4 Å². The normalized spacial score (nSPS) is 29.6. The van der Waals surface area contributed by atoms with Crippen LogP contribution in [0.4, 0.5) is 0 Å². The highest BCUT2D eigenvalue weighted by Crippen LogP contribution is 2.42. The Hall–Kier alpha value is -1.16. The maximum atomic E-state index is 13.3. The summed E-state index contributed by atoms with van der Waals surface area (Å²) < 4.78 is 16.1. The Morgan fingerprint density at radius 1 is 1.25 bits per heavy atom. The summed E-state index contributed by atoms with van der Waals surface area (Å²) in [5.41, 5.74) is 0. The maximum Gasteiger partial charge on any atom is 0.395 e. The first-order valence-corrected chi connectivity index (χ1v) is 10.2. The Morgan fingerprint density at radius 3 is 2.46 bits per heavy atom. The van der Waals surface area contributed by atoms with E-state index in [0.717, 1.165) is 45.1 Å². The number of carbonyl (C=O) groups excluding carboxylic acids is 1. The molecular formula is C19H34BN4O4. The molecule has 1 amide bonds. The quantitative estimate of drug-likeness (QED) is 0.458. The molecular weight excluding hydrogens is 359 g/mol. The Morgan fingerprint density at radius 2 is 1.93 bits per heavy atom. The lowest BCUT2D eigenvalue weighted by atomic mass is 9.77. The summed E-state index contributed by atoms with van der Waals surface area (Å²) in [6, 6.07) is 0.411. The van der Waals surface area contributed by atoms with Crippen molar-refractivity contribution in [3.8, 4) is 0 Å². The lowest BCUT2D eigenvalue weighted by Crippen LogP contribution is -2.55. The molecule has 1 aliphatic heterocycles. The summed E-state index contributed by atoms with van der Waals surface area (Å²) in [7, 11) is 8.65. The van der Waals surface area contributed by atoms with Crippen LogP contribution in [-0.4, -0.2) is 95.0 Å². The molecule has 2 fully saturated rings. The van der Waals surface area contributed by atoms with E-state index in [1.165, 1.54) is 0 Å². The van der Waals surface area contributed by atoms with E-state index in [1.54, 1.807) is 35.3 Å². The fourth-order valence-corrected chi connectivity index (χ4v) is 4.68. The van der Waals surface area contributed by atoms with Crippen LogP contribution in [0.15, 0.2) is 4.99 Å². The number of methoxy groups -OCH3 is 2. The molecule has 1 unspecified atom stereocenters. The van der Waals surface area contributed by atoms with Crippen LogP contribution in [-0.2, 0) is 18.9 Å². The van der Waals surface area contributed by atoms with E-state index < -0.39 is 5.79 Å². The first-order valence-electron chi connectivity index (χ1n) is 10.2. The Labute approximate surface area is 169 Å². The van der Waals surface area contributed by atoms with Gasteiger partial charge < -0.3 is 29.2 Å². The molecule has 28 heavy (non-hydrogen) atoms. The van der Waals surface area contributed by atoms with Crippen molar-refractivity contribution in [3.63, 3.8) is 0 Å². The Bertz CT molecular complexity index is 544. The van der Waals surface area contributed by atoms with E-state index in [4.69, 9.17) is 14.1 Å². The fourth-order valence-electron chi connectivity index (χ4n) is 4.68. The van der Waals surface area contributed by atoms with Gasteiger partial charge in [0.2, 0.25) is 5.91 Å². The predicted octanol–water partition coefficient (Wildman–Crippen LogP) is 0.638. The van der Waals surface area contributed by atoms with Crippen LogP contribution in [0.25, 0.3) is 0 Å². The summed E-state index contributed by atoms with van der Waals surface area (Å²) in [6.45, 7) is 1.43. The number of nitrogens with zero attached hydrogens (tertiary/aromatic N) is 3. The van der Waals surface area contributed by atoms with Crippen LogP contribution >= 0.6 is 0 Å². The van der Waals surface area contributed by atoms with E-state index in [-0.39, 0.29) is 18.0 Å². The van der Waals surface area contributed by atoms with Crippen LogP contribution in [0.1, 0.15) is 38.5 Å². The minimum atomic E-state index is -0.470. The van der Waals surface area contributed by atoms with E-state index in [1.807, 2.05) is 11.9 Å². The summed E-state index contributed by atoms with van der Waals surface area (Å²) in [5, 5.41) is 3.30. The zero-order valence-electron chi connectivity index (χ0n) is 17.6. The van der Waals surface area contributed by atoms with Gasteiger partial charge in [-0.15, -0.1) is 0 Å². The van der Waals surface area contributed by atoms with Crippen molar-refractivity contribution in [2.24, 2.45) is 10.9 Å². The van der Waals surface area contributed by atoms with Crippen molar-refractivity contribution >= 4 is 19.9 Å². The van der Waals surface area contributed by atoms with Crippen LogP contribution < -0.4 is 5.23 Å². The number of nitrogens with one attached hydrogen (secondary N) is 1. The van der Waals surface area contributed by atoms with Gasteiger partial charge in [0.15, 0.2) is 5.79 Å². The van der Waals surface area contributed by atoms with Gasteiger partial charge in [-0.1, -0.05) is 0 Å². The first-order chi connectivity index (χ1) is 13.5. The van der Waals surface area contributed by atoms with Crippen LogP contribution in [0.5, 0.6) is 0 Å². The number of carbonyl (C=O) groups is 1. The molecule has 1 radical (unpaired) electrons. The fraction of sp³-hybridized carbons (Fsp3) is 0.895. The highest BCUT2D eigenvalue weighted by Gasteiger charge is 2.47. The zero-order valence-corrected chi connectivity index (χ0v) is 17.6. The highest BCUT2D eigenvalue weighted by atomic mass is 16.7. The molecule has 0 saturated heterocycles. The number of hydrogen-bond acceptors (Lipinski definition) is 7. The third-order valence-electron chi connectivity index (χ3n) is 6.43. The van der Waals surface area contributed by atoms with Crippen LogP contribution in [0.2, 0.25) is 0 Å². The standard InChI is InChI=1S/C19H34BN4O4/c1-23-12-17(21-13-23)18(25)24(11-14-9-19(10-14,26-2)27-3)16-7-5-15(6-8-16)22-20-28-4/h13-17,22H,5-12H2,1-4H3. The van der Waals surface area contributed by atoms with Crippen molar-refractivity contribution in [3.05, 3.63) is 0 Å². The van der Waals surface area contributed by atoms with Crippen molar-refractivity contribution in [2.75, 3.05) is 41.5 Å². The smallest absolute Gasteiger partial charge is 0.395 e. The van der Waals surface area contributed by atoms with Gasteiger partial charge in [0.05, 0.1) is 6.34 Å². The van der Waals surface area contributed by atoms with E-state index >= 15 is 0 Å². The van der Waals surface area contributed by atoms with Crippen LogP contribution in [0.3, 0.4) is 0 Å². The molecule has 0 aromatic rings. The summed E-state index contributed by atoms with van der Waals surface area (Å²) in [4.78, 5) is 21.8. The average Bonchev–Trinajstić information content (AvgIpc) is 3.12. The predicted molar refractivity (Wildman–Crippen MR) is 108 cm³/mol. The summed E-state index contributed by atoms with van der Waals surface area (Å²) in [5.74, 6) is 0.0975. The van der Waals surface area contributed by atoms with E-state index in [2.05, 4.69) is 15.1 Å². The van der Waals surface area contributed by atoms with Crippen molar-refractivity contribution < 1.29 is 18.9 Å². The molecule has 2 saturated carbocycles. The molecule has 1 heterocycles. The molecule has 1 atom stereocenters. The van der Waals surface area contributed by atoms with Gasteiger partial charge in [0, 0.05) is 60.4 Å². The number of rotatable bonds is 9. The molecule has 3 rings (SSSR count). The lowest BCUT2D eigenvalue weighted by Gasteiger charge is -2.48. The van der Waals surface area contributed by atoms with Gasteiger partial charge in [0.1, 0.15) is 6.04 Å². The highest BCUT2D eigenvalue weighted by molar-refractivity contribution is 6.23. The lowest BCUT2D eigenvalue weighted by molar-refractivity contribution is -0.271. The monoisotopic (exact) mass is 393 g/mol. The van der Waals surface area contributed by atoms with Crippen molar-refractivity contribution in [1.82, 2.24) is 15.0 Å². The number of ether oxygens (including phenoxy) is 2. The van der Waals surface area contributed by atoms with Gasteiger partial charge in [-0.05, 0) is 37.6 Å². The van der Waals surface area contributed by atoms with Crippen molar-refractivity contribution in [1.29, 1.82) is 0 Å². The number of aliphatic imine (C=N–C) groups is 1. The van der Waals surface area contributed by atoms with Gasteiger partial charge in [-0.2, -0.15) is 0 Å². The Balaban J connectivity index is 1.61. The van der Waals surface area contributed by atoms with E-state index in [9.17, 15) is 4.79 Å². The Kier molecular flexibility index (Phi) is 7.36. The number of hydrogen-bond donors (Lipinski definition) is 1. The summed E-state index contributed by atoms with van der Waals surface area (Å²) >= 11 is 0. The minimum absolute atomic E-state index is 0.160. The molecule has 3 aliphatic rings. The first kappa shape index (κ1) is 21.6. The molecule has 2 aliphatic carbocycles. The average molecular weight is 393 g/mol. The molecule has 157 valence electrons. The van der Waals surface area contributed by atoms with Crippen LogP contribution in [0, 0.1) is 5.92 Å². The largest absolute Gasteiger partial charge is 0.427 e. The third kappa shape index (κ3) is 4.87. The molecule has 0 bridgehead atoms. The SMILES string of the molecule is CO[B]NC1CCC(N(CC2CC(OC)(OC)C2)C(=O)C2CN(C)C=N2)CC1. The molecule has 0 spiro atoms. The van der Waals surface area contributed by atoms with Gasteiger partial charge >= 0.3 is 7.62 Å². The second-order valence-electron chi connectivity index (χ2n) is 8.33. The minimum Gasteiger partial charge on any atom is -0.427 e. The van der Waals surface area contributed by atoms with Gasteiger partial charge in [0.25, 0.3) is 0 Å². The molecule has 1 N–H and O–H groups in total.